The van der Waals surface area contributed by atoms with Crippen LogP contribution in [-0.4, -0.2) is 0 Å². The third-order valence-electron chi connectivity index (χ3n) is 10.5. The van der Waals surface area contributed by atoms with Gasteiger partial charge in [0.2, 0.25) is 0 Å². The lowest BCUT2D eigenvalue weighted by atomic mass is 9.90. The van der Waals surface area contributed by atoms with E-state index in [9.17, 15) is 0 Å². The Bertz CT molecular complexity index is 2930. The van der Waals surface area contributed by atoms with Gasteiger partial charge in [-0.2, -0.15) is 0 Å². The van der Waals surface area contributed by atoms with E-state index in [1.165, 1.54) is 75.5 Å². The van der Waals surface area contributed by atoms with Crippen LogP contribution in [0.1, 0.15) is 0 Å². The monoisotopic (exact) mass is 705 g/mol. The van der Waals surface area contributed by atoms with Crippen molar-refractivity contribution < 1.29 is 0 Å². The number of hydrogen-bond donors (Lipinski definition) is 0. The number of rotatable bonds is 7. The van der Waals surface area contributed by atoms with Gasteiger partial charge in [0.25, 0.3) is 0 Å². The maximum Gasteiger partial charge on any atom is 0.0540 e. The van der Waals surface area contributed by atoms with Gasteiger partial charge < -0.3 is 4.90 Å². The lowest BCUT2D eigenvalue weighted by Crippen LogP contribution is -2.12. The molecule has 0 aliphatic carbocycles. The first kappa shape index (κ1) is 32.0. The van der Waals surface area contributed by atoms with E-state index in [1.54, 1.807) is 0 Å². The highest BCUT2D eigenvalue weighted by molar-refractivity contribution is 7.25. The molecule has 0 bridgehead atoms. The van der Waals surface area contributed by atoms with Crippen LogP contribution in [0.5, 0.6) is 0 Å². The first-order valence-electron chi connectivity index (χ1n) is 18.4. The van der Waals surface area contributed by atoms with Gasteiger partial charge in [-0.05, 0) is 80.6 Å². The van der Waals surface area contributed by atoms with Crippen LogP contribution in [0.25, 0.3) is 75.5 Å². The minimum absolute atomic E-state index is 1.10. The molecule has 0 aliphatic heterocycles. The van der Waals surface area contributed by atoms with Gasteiger partial charge in [0.05, 0.1) is 11.4 Å². The fraction of sp³-hybridized carbons (Fsp3) is 0. The molecule has 10 rings (SSSR count). The van der Waals surface area contributed by atoms with Crippen molar-refractivity contribution >= 4 is 59.3 Å². The lowest BCUT2D eigenvalue weighted by Gasteiger charge is -2.30. The van der Waals surface area contributed by atoms with Crippen LogP contribution in [0.2, 0.25) is 0 Å². The molecule has 0 saturated heterocycles. The molecule has 0 N–H and O–H groups in total. The molecular formula is C52H35NS. The summed E-state index contributed by atoms with van der Waals surface area (Å²) < 4.78 is 2.60. The second-order valence-electron chi connectivity index (χ2n) is 13.6. The minimum Gasteiger partial charge on any atom is -0.309 e. The minimum atomic E-state index is 1.10. The van der Waals surface area contributed by atoms with Crippen molar-refractivity contribution in [2.45, 2.75) is 0 Å². The zero-order valence-corrected chi connectivity index (χ0v) is 30.4. The molecule has 54 heavy (non-hydrogen) atoms. The molecule has 0 amide bonds. The van der Waals surface area contributed by atoms with Crippen LogP contribution in [-0.2, 0) is 0 Å². The molecule has 9 aromatic carbocycles. The molecule has 254 valence electrons. The summed E-state index contributed by atoms with van der Waals surface area (Å²) in [5.41, 5.74) is 13.0. The van der Waals surface area contributed by atoms with E-state index >= 15 is 0 Å². The summed E-state index contributed by atoms with van der Waals surface area (Å²) in [6.07, 6.45) is 0. The largest absolute Gasteiger partial charge is 0.309 e. The Kier molecular flexibility index (Phi) is 8.09. The van der Waals surface area contributed by atoms with Crippen LogP contribution < -0.4 is 4.90 Å². The van der Waals surface area contributed by atoms with Crippen molar-refractivity contribution in [1.29, 1.82) is 0 Å². The average molecular weight is 706 g/mol. The summed E-state index contributed by atoms with van der Waals surface area (Å²) in [7, 11) is 0. The Hall–Kier alpha value is -6.74. The number of anilines is 3. The molecule has 0 aliphatic rings. The Morgan fingerprint density at radius 2 is 0.778 bits per heavy atom. The normalized spacial score (nSPS) is 11.3. The maximum absolute atomic E-state index is 2.46. The van der Waals surface area contributed by atoms with Crippen LogP contribution in [0, 0.1) is 0 Å². The summed E-state index contributed by atoms with van der Waals surface area (Å²) in [5, 5.41) is 5.09. The Labute approximate surface area is 319 Å². The van der Waals surface area contributed by atoms with E-state index < -0.39 is 0 Å². The zero-order chi connectivity index (χ0) is 35.8. The zero-order valence-electron chi connectivity index (χ0n) is 29.6. The van der Waals surface area contributed by atoms with Gasteiger partial charge >= 0.3 is 0 Å². The van der Waals surface area contributed by atoms with Gasteiger partial charge in [0.15, 0.2) is 0 Å². The van der Waals surface area contributed by atoms with E-state index in [-0.39, 0.29) is 0 Å². The number of hydrogen-bond acceptors (Lipinski definition) is 2. The van der Waals surface area contributed by atoms with Gasteiger partial charge in [0, 0.05) is 37.0 Å². The molecular weight excluding hydrogens is 671 g/mol. The molecule has 1 heterocycles. The molecule has 0 radical (unpaired) electrons. The molecule has 0 fully saturated rings. The number of para-hydroxylation sites is 2. The second kappa shape index (κ2) is 13.7. The third kappa shape index (κ3) is 5.56. The maximum atomic E-state index is 2.46. The molecule has 0 atom stereocenters. The number of benzene rings is 9. The number of nitrogens with zero attached hydrogens (tertiary/aromatic N) is 1. The van der Waals surface area contributed by atoms with Gasteiger partial charge in [0.1, 0.15) is 0 Å². The summed E-state index contributed by atoms with van der Waals surface area (Å²) in [4.78, 5) is 2.46. The summed E-state index contributed by atoms with van der Waals surface area (Å²) >= 11 is 1.86. The Balaban J connectivity index is 1.22. The highest BCUT2D eigenvalue weighted by atomic mass is 32.1. The highest BCUT2D eigenvalue weighted by Gasteiger charge is 2.23. The topological polar surface area (TPSA) is 3.24 Å². The van der Waals surface area contributed by atoms with Gasteiger partial charge in [-0.15, -0.1) is 11.3 Å². The second-order valence-corrected chi connectivity index (χ2v) is 14.7. The molecule has 10 aromatic rings. The Morgan fingerprint density at radius 1 is 0.296 bits per heavy atom. The van der Waals surface area contributed by atoms with Crippen LogP contribution in [0.4, 0.5) is 17.1 Å². The molecule has 2 heteroatoms. The van der Waals surface area contributed by atoms with E-state index in [1.807, 2.05) is 11.3 Å². The summed E-state index contributed by atoms with van der Waals surface area (Å²) in [6, 6.07) is 77.2. The fourth-order valence-electron chi connectivity index (χ4n) is 8.05. The quantitative estimate of drug-likeness (QED) is 0.160. The number of fused-ring (bicyclic) bond motifs is 4. The van der Waals surface area contributed by atoms with E-state index in [0.717, 1.165) is 17.1 Å². The van der Waals surface area contributed by atoms with Crippen molar-refractivity contribution in [1.82, 2.24) is 0 Å². The first-order chi connectivity index (χ1) is 26.8. The first-order valence-corrected chi connectivity index (χ1v) is 19.3. The third-order valence-corrected chi connectivity index (χ3v) is 11.6. The Morgan fingerprint density at radius 3 is 1.54 bits per heavy atom. The molecule has 1 aromatic heterocycles. The predicted molar refractivity (Wildman–Crippen MR) is 233 cm³/mol. The molecule has 0 spiro atoms. The van der Waals surface area contributed by atoms with Gasteiger partial charge in [-0.1, -0.05) is 176 Å². The van der Waals surface area contributed by atoms with Crippen molar-refractivity contribution in [3.05, 3.63) is 212 Å². The SMILES string of the molecule is c1ccc(-c2ccc(N(c3ccccc3-c3ccccc3-c3cccc4ccccc34)c3ccccc3-c3cccc4sc5ccccc5c34)cc2)cc1. The lowest BCUT2D eigenvalue weighted by molar-refractivity contribution is 1.28. The highest BCUT2D eigenvalue weighted by Crippen LogP contribution is 2.49. The fourth-order valence-corrected chi connectivity index (χ4v) is 9.18. The molecule has 0 unspecified atom stereocenters. The van der Waals surface area contributed by atoms with Gasteiger partial charge in [-0.3, -0.25) is 0 Å². The smallest absolute Gasteiger partial charge is 0.0540 e. The van der Waals surface area contributed by atoms with E-state index in [2.05, 4.69) is 217 Å². The predicted octanol–water partition coefficient (Wildman–Crippen LogP) is 15.3. The standard InChI is InChI=1S/C52H35NS/c1-2-16-36(17-3-1)37-32-34-39(35-33-37)53(49-29-12-9-24-45(49)46-27-15-31-51-52(46)47-25-10-13-30-50(47)54-51)48-28-11-8-23-44(48)43-22-7-6-21-42(43)41-26-14-19-38-18-4-5-20-40(38)41/h1-35H. The van der Waals surface area contributed by atoms with Crippen LogP contribution in [0.3, 0.4) is 0 Å². The van der Waals surface area contributed by atoms with Crippen LogP contribution >= 0.6 is 11.3 Å². The summed E-state index contributed by atoms with van der Waals surface area (Å²) in [6.45, 7) is 0. The average Bonchev–Trinajstić information content (AvgIpc) is 3.64. The van der Waals surface area contributed by atoms with Crippen LogP contribution in [0.15, 0.2) is 212 Å². The van der Waals surface area contributed by atoms with Crippen molar-refractivity contribution in [3.8, 4) is 44.5 Å². The van der Waals surface area contributed by atoms with E-state index in [4.69, 9.17) is 0 Å². The van der Waals surface area contributed by atoms with E-state index in [0.29, 0.717) is 0 Å². The van der Waals surface area contributed by atoms with Crippen molar-refractivity contribution in [3.63, 3.8) is 0 Å². The number of thiophene rings is 1. The molecule has 1 nitrogen and oxygen atoms in total. The summed E-state index contributed by atoms with van der Waals surface area (Å²) in [5.74, 6) is 0. The van der Waals surface area contributed by atoms with Crippen molar-refractivity contribution in [2.24, 2.45) is 0 Å². The van der Waals surface area contributed by atoms with Crippen molar-refractivity contribution in [2.75, 3.05) is 4.90 Å². The molecule has 0 saturated carbocycles. The van der Waals surface area contributed by atoms with Gasteiger partial charge in [-0.25, -0.2) is 0 Å².